The van der Waals surface area contributed by atoms with E-state index in [0.29, 0.717) is 10.7 Å². The number of hydrogen-bond donors (Lipinski definition) is 2. The van der Waals surface area contributed by atoms with E-state index in [1.807, 2.05) is 0 Å². The highest BCUT2D eigenvalue weighted by Gasteiger charge is 2.31. The Hall–Kier alpha value is -1.96. The summed E-state index contributed by atoms with van der Waals surface area (Å²) >= 11 is 11.8. The summed E-state index contributed by atoms with van der Waals surface area (Å²) in [5.74, 6) is -0.327. The first kappa shape index (κ1) is 16.9. The van der Waals surface area contributed by atoms with Crippen molar-refractivity contribution in [3.63, 3.8) is 0 Å². The van der Waals surface area contributed by atoms with Gasteiger partial charge in [-0.05, 0) is 43.3 Å². The van der Waals surface area contributed by atoms with Gasteiger partial charge in [0.1, 0.15) is 4.90 Å². The first-order valence-electron chi connectivity index (χ1n) is 6.86. The third-order valence-corrected chi connectivity index (χ3v) is 5.18. The second kappa shape index (κ2) is 6.16. The second-order valence-corrected chi connectivity index (χ2v) is 7.67. The molecule has 0 fully saturated rings. The lowest BCUT2D eigenvalue weighted by molar-refractivity contribution is -0.122. The van der Waals surface area contributed by atoms with Gasteiger partial charge >= 0.3 is 0 Å². The Morgan fingerprint density at radius 3 is 2.46 bits per heavy atom. The predicted octanol–water partition coefficient (Wildman–Crippen LogP) is 3.51. The van der Waals surface area contributed by atoms with Crippen LogP contribution >= 0.6 is 23.2 Å². The van der Waals surface area contributed by atoms with E-state index in [2.05, 4.69) is 10.0 Å². The minimum atomic E-state index is -3.98. The van der Waals surface area contributed by atoms with Crippen molar-refractivity contribution >= 4 is 50.5 Å². The Morgan fingerprint density at radius 1 is 1.12 bits per heavy atom. The van der Waals surface area contributed by atoms with Crippen LogP contribution in [0.4, 0.5) is 11.4 Å². The molecule has 0 bridgehead atoms. The Bertz CT molecular complexity index is 914. The predicted molar refractivity (Wildman–Crippen MR) is 92.4 cm³/mol. The number of carbonyl (C=O) groups is 1. The average Bonchev–Trinajstić information content (AvgIpc) is 2.50. The molecule has 3 rings (SSSR count). The number of hydrogen-bond acceptors (Lipinski definition) is 4. The molecular formula is C15H12Cl2N2O4S. The number of carbonyl (C=O) groups excluding carboxylic acids is 1. The summed E-state index contributed by atoms with van der Waals surface area (Å²) < 4.78 is 33.3. The molecule has 0 aliphatic carbocycles. The van der Waals surface area contributed by atoms with Gasteiger partial charge in [-0.2, -0.15) is 0 Å². The van der Waals surface area contributed by atoms with Crippen LogP contribution in [-0.4, -0.2) is 20.4 Å². The van der Waals surface area contributed by atoms with Crippen molar-refractivity contribution in [2.45, 2.75) is 17.9 Å². The highest BCUT2D eigenvalue weighted by molar-refractivity contribution is 7.92. The van der Waals surface area contributed by atoms with E-state index in [1.165, 1.54) is 31.2 Å². The second-order valence-electron chi connectivity index (χ2n) is 5.14. The van der Waals surface area contributed by atoms with Gasteiger partial charge < -0.3 is 10.1 Å². The molecule has 1 unspecified atom stereocenters. The fourth-order valence-electron chi connectivity index (χ4n) is 2.18. The normalized spacial score (nSPS) is 16.8. The lowest BCUT2D eigenvalue weighted by atomic mass is 10.2. The van der Waals surface area contributed by atoms with E-state index >= 15 is 0 Å². The van der Waals surface area contributed by atoms with Crippen LogP contribution in [0.5, 0.6) is 5.75 Å². The number of nitrogens with one attached hydrogen (secondary N) is 2. The van der Waals surface area contributed by atoms with Crippen LogP contribution in [0.3, 0.4) is 0 Å². The monoisotopic (exact) mass is 386 g/mol. The van der Waals surface area contributed by atoms with Crippen molar-refractivity contribution in [2.75, 3.05) is 10.0 Å². The van der Waals surface area contributed by atoms with Crippen molar-refractivity contribution in [1.82, 2.24) is 0 Å². The zero-order valence-corrected chi connectivity index (χ0v) is 14.7. The van der Waals surface area contributed by atoms with Crippen LogP contribution in [-0.2, 0) is 14.8 Å². The summed E-state index contributed by atoms with van der Waals surface area (Å²) in [5, 5.41) is 3.22. The summed E-state index contributed by atoms with van der Waals surface area (Å²) in [5.41, 5.74) is 0.545. The third kappa shape index (κ3) is 3.28. The molecule has 2 aromatic rings. The topological polar surface area (TPSA) is 84.5 Å². The lowest BCUT2D eigenvalue weighted by Crippen LogP contribution is -2.35. The van der Waals surface area contributed by atoms with Gasteiger partial charge in [0.25, 0.3) is 15.9 Å². The van der Waals surface area contributed by atoms with Crippen LogP contribution in [0.2, 0.25) is 10.0 Å². The molecule has 1 aliphatic heterocycles. The fraction of sp³-hybridized carbons (Fsp3) is 0.133. The Morgan fingerprint density at radius 2 is 1.79 bits per heavy atom. The standard InChI is InChI=1S/C15H12Cl2N2O4S/c1-8-15(20)18-12-6-10(17)7-13(14(12)23-8)24(21,22)19-11-4-2-9(16)3-5-11/h2-8,19H,1H3,(H,18,20). The zero-order chi connectivity index (χ0) is 17.5. The van der Waals surface area contributed by atoms with E-state index < -0.39 is 16.1 Å². The van der Waals surface area contributed by atoms with E-state index in [0.717, 1.165) is 0 Å². The Labute approximate surface area is 148 Å². The average molecular weight is 387 g/mol. The van der Waals surface area contributed by atoms with E-state index in [9.17, 15) is 13.2 Å². The fourth-order valence-corrected chi connectivity index (χ4v) is 3.82. The molecule has 9 heteroatoms. The minimum absolute atomic E-state index is 0.0490. The highest BCUT2D eigenvalue weighted by Crippen LogP contribution is 2.39. The summed E-state index contributed by atoms with van der Waals surface area (Å²) in [6, 6.07) is 8.88. The molecule has 126 valence electrons. The first-order chi connectivity index (χ1) is 11.3. The molecule has 1 heterocycles. The van der Waals surface area contributed by atoms with E-state index in [-0.39, 0.29) is 27.3 Å². The maximum atomic E-state index is 12.7. The molecule has 1 amide bonds. The first-order valence-corrected chi connectivity index (χ1v) is 9.09. The smallest absolute Gasteiger partial charge is 0.265 e. The Balaban J connectivity index is 2.05. The number of ether oxygens (including phenoxy) is 1. The van der Waals surface area contributed by atoms with Crippen LogP contribution in [0, 0.1) is 0 Å². The van der Waals surface area contributed by atoms with Crippen molar-refractivity contribution in [2.24, 2.45) is 0 Å². The van der Waals surface area contributed by atoms with Gasteiger partial charge in [-0.15, -0.1) is 0 Å². The number of sulfonamides is 1. The maximum Gasteiger partial charge on any atom is 0.265 e. The van der Waals surface area contributed by atoms with Crippen LogP contribution in [0.25, 0.3) is 0 Å². The van der Waals surface area contributed by atoms with Crippen LogP contribution in [0.15, 0.2) is 41.3 Å². The summed E-state index contributed by atoms with van der Waals surface area (Å²) in [7, 11) is -3.98. The van der Waals surface area contributed by atoms with Crippen molar-refractivity contribution in [1.29, 1.82) is 0 Å². The molecule has 1 atom stereocenters. The molecule has 2 N–H and O–H groups in total. The molecular weight excluding hydrogens is 375 g/mol. The molecule has 1 aliphatic rings. The van der Waals surface area contributed by atoms with Gasteiger partial charge in [0.15, 0.2) is 11.9 Å². The SMILES string of the molecule is CC1Oc2c(cc(Cl)cc2S(=O)(=O)Nc2ccc(Cl)cc2)NC1=O. The van der Waals surface area contributed by atoms with Crippen molar-refractivity contribution < 1.29 is 17.9 Å². The molecule has 0 aromatic heterocycles. The molecule has 24 heavy (non-hydrogen) atoms. The number of amides is 1. The highest BCUT2D eigenvalue weighted by atomic mass is 35.5. The number of halogens is 2. The molecule has 6 nitrogen and oxygen atoms in total. The Kier molecular flexibility index (Phi) is 4.33. The number of anilines is 2. The zero-order valence-electron chi connectivity index (χ0n) is 12.3. The van der Waals surface area contributed by atoms with Crippen LogP contribution in [0.1, 0.15) is 6.92 Å². The van der Waals surface area contributed by atoms with E-state index in [1.54, 1.807) is 12.1 Å². The molecule has 0 spiro atoms. The summed E-state index contributed by atoms with van der Waals surface area (Å²) in [6.45, 7) is 1.52. The van der Waals surface area contributed by atoms with Gasteiger partial charge in [-0.1, -0.05) is 23.2 Å². The number of benzene rings is 2. The van der Waals surface area contributed by atoms with Gasteiger partial charge in [-0.25, -0.2) is 8.42 Å². The minimum Gasteiger partial charge on any atom is -0.477 e. The van der Waals surface area contributed by atoms with Gasteiger partial charge in [0.05, 0.1) is 5.69 Å². The van der Waals surface area contributed by atoms with Gasteiger partial charge in [0, 0.05) is 15.7 Å². The van der Waals surface area contributed by atoms with Crippen LogP contribution < -0.4 is 14.8 Å². The molecule has 0 radical (unpaired) electrons. The van der Waals surface area contributed by atoms with Gasteiger partial charge in [0.2, 0.25) is 0 Å². The van der Waals surface area contributed by atoms with Gasteiger partial charge in [-0.3, -0.25) is 9.52 Å². The van der Waals surface area contributed by atoms with Crippen molar-refractivity contribution in [3.8, 4) is 5.75 Å². The maximum absolute atomic E-state index is 12.7. The third-order valence-electron chi connectivity index (χ3n) is 3.33. The lowest BCUT2D eigenvalue weighted by Gasteiger charge is -2.25. The molecule has 0 saturated heterocycles. The van der Waals surface area contributed by atoms with Crippen molar-refractivity contribution in [3.05, 3.63) is 46.4 Å². The van der Waals surface area contributed by atoms with E-state index in [4.69, 9.17) is 27.9 Å². The summed E-state index contributed by atoms with van der Waals surface area (Å²) in [4.78, 5) is 11.5. The molecule has 0 saturated carbocycles. The largest absolute Gasteiger partial charge is 0.477 e. The number of fused-ring (bicyclic) bond motifs is 1. The molecule has 2 aromatic carbocycles. The quantitative estimate of drug-likeness (QED) is 0.844. The summed E-state index contributed by atoms with van der Waals surface area (Å²) in [6.07, 6.45) is -0.817. The number of rotatable bonds is 3.